The predicted octanol–water partition coefficient (Wildman–Crippen LogP) is 1.70. The minimum atomic E-state index is -1.19. The summed E-state index contributed by atoms with van der Waals surface area (Å²) >= 11 is 0. The number of amides is 2. The van der Waals surface area contributed by atoms with E-state index in [2.05, 4.69) is 0 Å². The summed E-state index contributed by atoms with van der Waals surface area (Å²) in [5.74, 6) is -1.87. The number of benzene rings is 1. The van der Waals surface area contributed by atoms with Crippen molar-refractivity contribution in [2.24, 2.45) is 0 Å². The molecule has 1 aromatic carbocycles. The van der Waals surface area contributed by atoms with E-state index in [9.17, 15) is 14.4 Å². The second kappa shape index (κ2) is 4.90. The molecule has 1 N–H and O–H groups in total. The van der Waals surface area contributed by atoms with Crippen LogP contribution in [0.15, 0.2) is 40.8 Å². The Bertz CT molecular complexity index is 746. The Morgan fingerprint density at radius 3 is 2.67 bits per heavy atom. The van der Waals surface area contributed by atoms with Gasteiger partial charge in [0.05, 0.1) is 13.0 Å². The largest absolute Gasteiger partial charge is 0.475 e. The summed E-state index contributed by atoms with van der Waals surface area (Å²) < 4.78 is 5.09. The molecule has 0 saturated heterocycles. The Morgan fingerprint density at radius 2 is 1.95 bits per heavy atom. The van der Waals surface area contributed by atoms with Crippen LogP contribution in [0.2, 0.25) is 0 Å². The second-order valence-corrected chi connectivity index (χ2v) is 4.69. The summed E-state index contributed by atoms with van der Waals surface area (Å²) in [6, 6.07) is 9.68. The van der Waals surface area contributed by atoms with Gasteiger partial charge in [0.1, 0.15) is 5.76 Å². The monoisotopic (exact) mass is 285 g/mol. The molecule has 106 valence electrons. The highest BCUT2D eigenvalue weighted by atomic mass is 16.4. The molecule has 0 unspecified atom stereocenters. The Hall–Kier alpha value is -2.89. The summed E-state index contributed by atoms with van der Waals surface area (Å²) in [6.45, 7) is -0.0702. The summed E-state index contributed by atoms with van der Waals surface area (Å²) in [5.41, 5.74) is 1.19. The van der Waals surface area contributed by atoms with Gasteiger partial charge in [-0.1, -0.05) is 18.2 Å². The van der Waals surface area contributed by atoms with E-state index in [0.717, 1.165) is 4.90 Å². The van der Waals surface area contributed by atoms with Crippen molar-refractivity contribution in [3.8, 4) is 0 Å². The second-order valence-electron chi connectivity index (χ2n) is 4.69. The fourth-order valence-corrected chi connectivity index (χ4v) is 2.29. The highest BCUT2D eigenvalue weighted by Gasteiger charge is 2.31. The third-order valence-corrected chi connectivity index (χ3v) is 3.32. The number of imide groups is 1. The van der Waals surface area contributed by atoms with E-state index in [4.69, 9.17) is 9.52 Å². The molecule has 0 saturated carbocycles. The van der Waals surface area contributed by atoms with Gasteiger partial charge in [-0.15, -0.1) is 0 Å². The third-order valence-electron chi connectivity index (χ3n) is 3.32. The molecule has 1 aliphatic heterocycles. The molecule has 1 aromatic heterocycles. The van der Waals surface area contributed by atoms with Crippen molar-refractivity contribution in [1.82, 2.24) is 4.90 Å². The first-order valence-corrected chi connectivity index (χ1v) is 6.31. The maximum Gasteiger partial charge on any atom is 0.371 e. The fourth-order valence-electron chi connectivity index (χ4n) is 2.29. The Balaban J connectivity index is 1.87. The van der Waals surface area contributed by atoms with Crippen molar-refractivity contribution in [2.45, 2.75) is 13.0 Å². The molecule has 6 nitrogen and oxygen atoms in total. The van der Waals surface area contributed by atoms with Gasteiger partial charge in [-0.3, -0.25) is 14.5 Å². The first-order valence-electron chi connectivity index (χ1n) is 6.31. The number of nitrogens with zero attached hydrogens (tertiary/aromatic N) is 1. The molecule has 0 atom stereocenters. The van der Waals surface area contributed by atoms with Crippen LogP contribution in [0.1, 0.15) is 32.2 Å². The van der Waals surface area contributed by atoms with Crippen LogP contribution in [0.5, 0.6) is 0 Å². The lowest BCUT2D eigenvalue weighted by Crippen LogP contribution is -2.41. The van der Waals surface area contributed by atoms with Crippen LogP contribution in [-0.4, -0.2) is 27.8 Å². The predicted molar refractivity (Wildman–Crippen MR) is 70.7 cm³/mol. The van der Waals surface area contributed by atoms with E-state index in [-0.39, 0.29) is 30.4 Å². The van der Waals surface area contributed by atoms with E-state index < -0.39 is 11.9 Å². The Labute approximate surface area is 119 Å². The maximum atomic E-state index is 12.3. The van der Waals surface area contributed by atoms with Gasteiger partial charge in [0.15, 0.2) is 0 Å². The van der Waals surface area contributed by atoms with Crippen molar-refractivity contribution in [3.63, 3.8) is 0 Å². The average molecular weight is 285 g/mol. The van der Waals surface area contributed by atoms with Crippen LogP contribution < -0.4 is 0 Å². The lowest BCUT2D eigenvalue weighted by Gasteiger charge is -2.25. The number of fused-ring (bicyclic) bond motifs is 1. The maximum absolute atomic E-state index is 12.3. The average Bonchev–Trinajstić information content (AvgIpc) is 2.92. The zero-order valence-corrected chi connectivity index (χ0v) is 10.9. The highest BCUT2D eigenvalue weighted by molar-refractivity contribution is 6.09. The van der Waals surface area contributed by atoms with E-state index in [1.54, 1.807) is 24.3 Å². The number of furan rings is 1. The first-order chi connectivity index (χ1) is 10.1. The molecule has 0 spiro atoms. The number of carboxylic acid groups (broad SMARTS) is 1. The number of hydrogen-bond donors (Lipinski definition) is 1. The number of carbonyl (C=O) groups excluding carboxylic acids is 2. The van der Waals surface area contributed by atoms with Crippen LogP contribution in [0.25, 0.3) is 0 Å². The molecular weight excluding hydrogens is 274 g/mol. The van der Waals surface area contributed by atoms with Gasteiger partial charge in [-0.2, -0.15) is 0 Å². The van der Waals surface area contributed by atoms with Crippen molar-refractivity contribution in [1.29, 1.82) is 0 Å². The zero-order valence-electron chi connectivity index (χ0n) is 10.9. The molecular formula is C15H11NO5. The zero-order chi connectivity index (χ0) is 15.0. The molecule has 2 aromatic rings. The molecule has 1 aliphatic rings. The van der Waals surface area contributed by atoms with Gasteiger partial charge in [0, 0.05) is 5.56 Å². The molecule has 0 bridgehead atoms. The van der Waals surface area contributed by atoms with Crippen LogP contribution in [0.4, 0.5) is 0 Å². The van der Waals surface area contributed by atoms with Gasteiger partial charge in [-0.05, 0) is 23.8 Å². The van der Waals surface area contributed by atoms with Crippen LogP contribution >= 0.6 is 0 Å². The van der Waals surface area contributed by atoms with Crippen LogP contribution in [-0.2, 0) is 17.8 Å². The Morgan fingerprint density at radius 1 is 1.19 bits per heavy atom. The summed E-state index contributed by atoms with van der Waals surface area (Å²) in [4.78, 5) is 36.2. The van der Waals surface area contributed by atoms with Crippen molar-refractivity contribution >= 4 is 17.8 Å². The molecule has 21 heavy (non-hydrogen) atoms. The van der Waals surface area contributed by atoms with Crippen LogP contribution in [0, 0.1) is 0 Å². The van der Waals surface area contributed by atoms with Crippen molar-refractivity contribution in [2.75, 3.05) is 0 Å². The van der Waals surface area contributed by atoms with E-state index in [1.165, 1.54) is 12.1 Å². The van der Waals surface area contributed by atoms with E-state index in [1.807, 2.05) is 0 Å². The highest BCUT2D eigenvalue weighted by Crippen LogP contribution is 2.22. The minimum absolute atomic E-state index is 0.0702. The summed E-state index contributed by atoms with van der Waals surface area (Å²) in [6.07, 6.45) is 0.147. The molecule has 0 aliphatic carbocycles. The van der Waals surface area contributed by atoms with Crippen molar-refractivity contribution < 1.29 is 23.9 Å². The topological polar surface area (TPSA) is 87.8 Å². The smallest absolute Gasteiger partial charge is 0.371 e. The number of hydrogen-bond acceptors (Lipinski definition) is 4. The quantitative estimate of drug-likeness (QED) is 0.867. The lowest BCUT2D eigenvalue weighted by molar-refractivity contribution is -0.129. The van der Waals surface area contributed by atoms with Gasteiger partial charge in [-0.25, -0.2) is 4.79 Å². The molecule has 2 heterocycles. The Kier molecular flexibility index (Phi) is 3.06. The fraction of sp³-hybridized carbons (Fsp3) is 0.133. The number of rotatable bonds is 3. The standard InChI is InChI=1S/C15H11NO5/c17-13-7-9-3-1-2-4-11(9)14(18)16(13)8-10-5-6-12(21-10)15(19)20/h1-6H,7-8H2,(H,19,20). The van der Waals surface area contributed by atoms with Gasteiger partial charge < -0.3 is 9.52 Å². The third kappa shape index (κ3) is 2.31. The molecule has 3 rings (SSSR count). The molecule has 6 heteroatoms. The minimum Gasteiger partial charge on any atom is -0.475 e. The molecule has 2 amide bonds. The lowest BCUT2D eigenvalue weighted by atomic mass is 9.98. The number of aromatic carboxylic acids is 1. The number of carboxylic acids is 1. The van der Waals surface area contributed by atoms with Crippen LogP contribution in [0.3, 0.4) is 0 Å². The normalized spacial score (nSPS) is 14.2. The first kappa shape index (κ1) is 13.1. The van der Waals surface area contributed by atoms with E-state index >= 15 is 0 Å². The SMILES string of the molecule is O=C(O)c1ccc(CN2C(=O)Cc3ccccc3C2=O)o1. The van der Waals surface area contributed by atoms with Crippen molar-refractivity contribution in [3.05, 3.63) is 59.0 Å². The number of carbonyl (C=O) groups is 3. The van der Waals surface area contributed by atoms with Gasteiger partial charge >= 0.3 is 5.97 Å². The van der Waals surface area contributed by atoms with Gasteiger partial charge in [0.2, 0.25) is 11.7 Å². The molecule has 0 radical (unpaired) electrons. The van der Waals surface area contributed by atoms with Gasteiger partial charge in [0.25, 0.3) is 5.91 Å². The molecule has 0 fully saturated rings. The summed E-state index contributed by atoms with van der Waals surface area (Å²) in [5, 5.41) is 8.80. The van der Waals surface area contributed by atoms with E-state index in [0.29, 0.717) is 11.1 Å². The summed E-state index contributed by atoms with van der Waals surface area (Å²) in [7, 11) is 0.